The van der Waals surface area contributed by atoms with Crippen molar-refractivity contribution in [3.05, 3.63) is 0 Å². The van der Waals surface area contributed by atoms with Crippen LogP contribution in [0.15, 0.2) is 0 Å². The van der Waals surface area contributed by atoms with Crippen LogP contribution in [0.2, 0.25) is 0 Å². The van der Waals surface area contributed by atoms with Crippen LogP contribution in [0.1, 0.15) is 13.8 Å². The Morgan fingerprint density at radius 3 is 1.46 bits per heavy atom. The van der Waals surface area contributed by atoms with Crippen LogP contribution < -0.4 is 11.9 Å². The SMILES string of the molecule is CCN(CC)C(O)=S.N.NC(O)=S. The lowest BCUT2D eigenvalue weighted by atomic mass is 10.6. The van der Waals surface area contributed by atoms with E-state index in [4.69, 9.17) is 10.2 Å². The van der Waals surface area contributed by atoms with Gasteiger partial charge in [0.15, 0.2) is 0 Å². The van der Waals surface area contributed by atoms with Gasteiger partial charge in [0.1, 0.15) is 0 Å². The molecule has 0 aromatic rings. The van der Waals surface area contributed by atoms with Crippen LogP contribution in [0.5, 0.6) is 0 Å². The molecular formula is C6H17N3O2S2. The minimum Gasteiger partial charge on any atom is -0.487 e. The predicted octanol–water partition coefficient (Wildman–Crippen LogP) is 1.12. The highest BCUT2D eigenvalue weighted by atomic mass is 32.1. The monoisotopic (exact) mass is 227 g/mol. The molecule has 0 radical (unpaired) electrons. The van der Waals surface area contributed by atoms with Crippen molar-refractivity contribution in [2.75, 3.05) is 13.1 Å². The van der Waals surface area contributed by atoms with E-state index in [1.165, 1.54) is 0 Å². The highest BCUT2D eigenvalue weighted by molar-refractivity contribution is 7.80. The Morgan fingerprint density at radius 2 is 1.46 bits per heavy atom. The largest absolute Gasteiger partial charge is 0.487 e. The molecule has 0 saturated heterocycles. The second-order valence-electron chi connectivity index (χ2n) is 1.79. The van der Waals surface area contributed by atoms with Gasteiger partial charge in [-0.2, -0.15) is 0 Å². The second kappa shape index (κ2) is 11.3. The topological polar surface area (TPSA) is 105 Å². The zero-order valence-electron chi connectivity index (χ0n) is 7.86. The van der Waals surface area contributed by atoms with Crippen molar-refractivity contribution in [3.8, 4) is 0 Å². The highest BCUT2D eigenvalue weighted by Crippen LogP contribution is 1.85. The molecule has 0 aromatic carbocycles. The summed E-state index contributed by atoms with van der Waals surface area (Å²) < 4.78 is 0. The van der Waals surface area contributed by atoms with Crippen molar-refractivity contribution in [3.63, 3.8) is 0 Å². The first kappa shape index (κ1) is 18.2. The Labute approximate surface area is 89.1 Å². The first-order valence-electron chi connectivity index (χ1n) is 3.41. The molecule has 0 aliphatic carbocycles. The number of thiocarbonyl (C=S) groups is 2. The maximum absolute atomic E-state index is 8.67. The Balaban J connectivity index is -0.000000173. The molecule has 7 heteroatoms. The summed E-state index contributed by atoms with van der Waals surface area (Å²) in [7, 11) is 0. The van der Waals surface area contributed by atoms with E-state index in [2.05, 4.69) is 30.2 Å². The van der Waals surface area contributed by atoms with Gasteiger partial charge in [-0.1, -0.05) is 0 Å². The smallest absolute Gasteiger partial charge is 0.256 e. The number of aliphatic hydroxyl groups excluding tert-OH is 2. The molecule has 80 valence electrons. The fourth-order valence-electron chi connectivity index (χ4n) is 0.494. The molecule has 0 spiro atoms. The summed E-state index contributed by atoms with van der Waals surface area (Å²) in [6.45, 7) is 5.47. The zero-order chi connectivity index (χ0) is 10.1. The predicted molar refractivity (Wildman–Crippen MR) is 62.6 cm³/mol. The molecule has 5 nitrogen and oxygen atoms in total. The number of aliphatic hydroxyl groups is 2. The maximum Gasteiger partial charge on any atom is 0.256 e. The number of rotatable bonds is 2. The number of hydrogen-bond acceptors (Lipinski definition) is 3. The Kier molecular flexibility index (Phi) is 15.9. The quantitative estimate of drug-likeness (QED) is 0.524. The fourth-order valence-corrected chi connectivity index (χ4v) is 0.752. The van der Waals surface area contributed by atoms with Crippen LogP contribution in [-0.2, 0) is 0 Å². The van der Waals surface area contributed by atoms with Crippen LogP contribution in [0.4, 0.5) is 0 Å². The molecule has 0 amide bonds. The standard InChI is InChI=1S/C5H11NOS.CH3NOS.H3N/c1-3-6(4-2)5(7)8;2-1(3)4;/h3-4H2,1-2H3,(H,7,8);(H3,2,3,4);1H3. The normalized spacial score (nSPS) is 7.23. The van der Waals surface area contributed by atoms with Crippen molar-refractivity contribution >= 4 is 34.8 Å². The molecule has 0 aromatic heterocycles. The fraction of sp³-hybridized carbons (Fsp3) is 0.667. The molecule has 0 bridgehead atoms. The third-order valence-electron chi connectivity index (χ3n) is 1.03. The molecule has 0 atom stereocenters. The number of hydrogen-bond donors (Lipinski definition) is 4. The van der Waals surface area contributed by atoms with E-state index in [9.17, 15) is 0 Å². The van der Waals surface area contributed by atoms with Gasteiger partial charge < -0.3 is 27.0 Å². The highest BCUT2D eigenvalue weighted by Gasteiger charge is 1.98. The van der Waals surface area contributed by atoms with E-state index in [-0.39, 0.29) is 11.3 Å². The van der Waals surface area contributed by atoms with Crippen LogP contribution >= 0.6 is 24.4 Å². The van der Waals surface area contributed by atoms with Gasteiger partial charge in [0.05, 0.1) is 0 Å². The molecule has 0 fully saturated rings. The van der Waals surface area contributed by atoms with E-state index >= 15 is 0 Å². The van der Waals surface area contributed by atoms with Gasteiger partial charge in [-0.15, -0.1) is 0 Å². The van der Waals surface area contributed by atoms with E-state index in [0.717, 1.165) is 13.1 Å². The van der Waals surface area contributed by atoms with Gasteiger partial charge in [0.2, 0.25) is 0 Å². The van der Waals surface area contributed by atoms with Crippen molar-refractivity contribution in [1.82, 2.24) is 11.1 Å². The molecule has 13 heavy (non-hydrogen) atoms. The van der Waals surface area contributed by atoms with Gasteiger partial charge in [0, 0.05) is 13.1 Å². The minimum absolute atomic E-state index is 0. The third kappa shape index (κ3) is 18.4. The first-order valence-corrected chi connectivity index (χ1v) is 4.23. The van der Waals surface area contributed by atoms with E-state index < -0.39 is 5.17 Å². The molecule has 0 rings (SSSR count). The summed E-state index contributed by atoms with van der Waals surface area (Å²) in [5.41, 5.74) is 4.40. The van der Waals surface area contributed by atoms with Crippen LogP contribution in [0.25, 0.3) is 0 Å². The van der Waals surface area contributed by atoms with Crippen molar-refractivity contribution in [2.45, 2.75) is 13.8 Å². The lowest BCUT2D eigenvalue weighted by molar-refractivity contribution is 0.371. The van der Waals surface area contributed by atoms with Crippen LogP contribution in [-0.4, -0.2) is 38.6 Å². The van der Waals surface area contributed by atoms with Crippen LogP contribution in [0.3, 0.4) is 0 Å². The van der Waals surface area contributed by atoms with Crippen molar-refractivity contribution < 1.29 is 10.2 Å². The van der Waals surface area contributed by atoms with Gasteiger partial charge in [0.25, 0.3) is 10.3 Å². The summed E-state index contributed by atoms with van der Waals surface area (Å²) in [5, 5.41) is 15.7. The summed E-state index contributed by atoms with van der Waals surface area (Å²) in [4.78, 5) is 1.70. The summed E-state index contributed by atoms with van der Waals surface area (Å²) in [6.07, 6.45) is 0. The Bertz CT molecular complexity index is 147. The third-order valence-corrected chi connectivity index (χ3v) is 1.29. The average Bonchev–Trinajstić information content (AvgIpc) is 1.87. The lowest BCUT2D eigenvalue weighted by Crippen LogP contribution is -2.28. The number of nitrogens with two attached hydrogens (primary N) is 1. The van der Waals surface area contributed by atoms with E-state index in [0.29, 0.717) is 0 Å². The molecule has 0 aliphatic rings. The summed E-state index contributed by atoms with van der Waals surface area (Å²) in [6, 6.07) is 0. The maximum atomic E-state index is 8.67. The Morgan fingerprint density at radius 1 is 1.23 bits per heavy atom. The molecule has 0 unspecified atom stereocenters. The molecule has 0 heterocycles. The minimum atomic E-state index is -0.500. The van der Waals surface area contributed by atoms with Gasteiger partial charge >= 0.3 is 0 Å². The van der Waals surface area contributed by atoms with Crippen molar-refractivity contribution in [1.29, 1.82) is 0 Å². The Hall–Kier alpha value is -0.660. The molecule has 0 aliphatic heterocycles. The summed E-state index contributed by atoms with van der Waals surface area (Å²) >= 11 is 8.37. The first-order chi connectivity index (χ1) is 5.45. The zero-order valence-corrected chi connectivity index (χ0v) is 9.49. The van der Waals surface area contributed by atoms with E-state index in [1.807, 2.05) is 13.8 Å². The summed E-state index contributed by atoms with van der Waals surface area (Å²) in [5.74, 6) is 0. The molecular weight excluding hydrogens is 210 g/mol. The lowest BCUT2D eigenvalue weighted by Gasteiger charge is -2.15. The molecule has 0 saturated carbocycles. The number of nitrogens with zero attached hydrogens (tertiary/aromatic N) is 1. The van der Waals surface area contributed by atoms with Gasteiger partial charge in [-0.3, -0.25) is 0 Å². The van der Waals surface area contributed by atoms with Crippen molar-refractivity contribution in [2.24, 2.45) is 5.73 Å². The average molecular weight is 227 g/mol. The van der Waals surface area contributed by atoms with E-state index in [1.54, 1.807) is 4.90 Å². The van der Waals surface area contributed by atoms with Gasteiger partial charge in [-0.25, -0.2) is 0 Å². The molecule has 7 N–H and O–H groups in total. The van der Waals surface area contributed by atoms with Crippen LogP contribution in [0, 0.1) is 0 Å². The second-order valence-corrected chi connectivity index (χ2v) is 2.58. The van der Waals surface area contributed by atoms with Gasteiger partial charge in [-0.05, 0) is 38.3 Å².